The second-order valence-corrected chi connectivity index (χ2v) is 5.74. The second kappa shape index (κ2) is 8.46. The molecule has 1 aromatic carbocycles. The molecule has 1 amide bonds. The summed E-state index contributed by atoms with van der Waals surface area (Å²) >= 11 is 0. The van der Waals surface area contributed by atoms with Crippen molar-refractivity contribution in [3.8, 4) is 0 Å². The highest BCUT2D eigenvalue weighted by Crippen LogP contribution is 2.12. The smallest absolute Gasteiger partial charge is 0.305 e. The van der Waals surface area contributed by atoms with Gasteiger partial charge in [0.25, 0.3) is 0 Å². The topological polar surface area (TPSA) is 66.4 Å². The first-order valence-electron chi connectivity index (χ1n) is 7.23. The number of aliphatic carboxylic acids is 1. The first kappa shape index (κ1) is 18.1. The fourth-order valence-corrected chi connectivity index (χ4v) is 2.23. The van der Waals surface area contributed by atoms with E-state index in [9.17, 15) is 18.4 Å². The third-order valence-electron chi connectivity index (χ3n) is 3.17. The van der Waals surface area contributed by atoms with Crippen LogP contribution in [0.2, 0.25) is 0 Å². The van der Waals surface area contributed by atoms with E-state index in [-0.39, 0.29) is 31.1 Å². The van der Waals surface area contributed by atoms with Crippen LogP contribution >= 0.6 is 0 Å². The third-order valence-corrected chi connectivity index (χ3v) is 3.17. The van der Waals surface area contributed by atoms with E-state index < -0.39 is 23.6 Å². The lowest BCUT2D eigenvalue weighted by Crippen LogP contribution is -2.37. The summed E-state index contributed by atoms with van der Waals surface area (Å²) in [5.41, 5.74) is 0.521. The molecule has 0 fully saturated rings. The minimum atomic E-state index is -0.966. The number of benzene rings is 1. The molecule has 0 aliphatic carbocycles. The Hall–Kier alpha value is -1.98. The van der Waals surface area contributed by atoms with Crippen LogP contribution in [0, 0.1) is 17.6 Å². The molecule has 0 aromatic heterocycles. The van der Waals surface area contributed by atoms with Crippen molar-refractivity contribution in [2.45, 2.75) is 45.6 Å². The maximum atomic E-state index is 13.1. The highest BCUT2D eigenvalue weighted by molar-refractivity contribution is 5.77. The van der Waals surface area contributed by atoms with Crippen LogP contribution in [-0.2, 0) is 16.0 Å². The van der Waals surface area contributed by atoms with Gasteiger partial charge < -0.3 is 10.4 Å². The van der Waals surface area contributed by atoms with Gasteiger partial charge in [-0.3, -0.25) is 9.59 Å². The highest BCUT2D eigenvalue weighted by atomic mass is 19.2. The highest BCUT2D eigenvalue weighted by Gasteiger charge is 2.17. The van der Waals surface area contributed by atoms with Gasteiger partial charge in [-0.2, -0.15) is 0 Å². The molecule has 0 spiro atoms. The van der Waals surface area contributed by atoms with Crippen molar-refractivity contribution < 1.29 is 23.5 Å². The lowest BCUT2D eigenvalue weighted by atomic mass is 10.0. The molecule has 0 unspecified atom stereocenters. The number of halogens is 2. The van der Waals surface area contributed by atoms with Crippen LogP contribution in [0.4, 0.5) is 8.78 Å². The molecule has 0 aliphatic rings. The zero-order chi connectivity index (χ0) is 16.7. The number of nitrogens with one attached hydrogen (secondary N) is 1. The van der Waals surface area contributed by atoms with Crippen molar-refractivity contribution in [3.05, 3.63) is 35.4 Å². The number of carboxylic acids is 1. The van der Waals surface area contributed by atoms with Gasteiger partial charge in [0.05, 0.1) is 6.42 Å². The van der Waals surface area contributed by atoms with Crippen molar-refractivity contribution in [1.82, 2.24) is 5.32 Å². The number of hydrogen-bond donors (Lipinski definition) is 2. The lowest BCUT2D eigenvalue weighted by molar-refractivity contribution is -0.137. The summed E-state index contributed by atoms with van der Waals surface area (Å²) in [6, 6.07) is 3.09. The molecule has 0 saturated carbocycles. The van der Waals surface area contributed by atoms with Gasteiger partial charge in [-0.25, -0.2) is 8.78 Å². The van der Waals surface area contributed by atoms with E-state index >= 15 is 0 Å². The molecule has 0 bridgehead atoms. The molecule has 122 valence electrons. The minimum absolute atomic E-state index is 0.0965. The first-order chi connectivity index (χ1) is 10.3. The molecule has 1 rings (SSSR count). The van der Waals surface area contributed by atoms with Crippen molar-refractivity contribution in [1.29, 1.82) is 0 Å². The summed E-state index contributed by atoms with van der Waals surface area (Å²) in [4.78, 5) is 22.7. The Morgan fingerprint density at radius 2 is 1.91 bits per heavy atom. The predicted molar refractivity (Wildman–Crippen MR) is 78.3 cm³/mol. The van der Waals surface area contributed by atoms with E-state index in [2.05, 4.69) is 5.32 Å². The number of aryl methyl sites for hydroxylation is 1. The van der Waals surface area contributed by atoms with Crippen molar-refractivity contribution >= 4 is 11.9 Å². The van der Waals surface area contributed by atoms with Crippen LogP contribution < -0.4 is 5.32 Å². The number of hydrogen-bond acceptors (Lipinski definition) is 2. The summed E-state index contributed by atoms with van der Waals surface area (Å²) in [5, 5.41) is 11.5. The molecule has 1 aromatic rings. The van der Waals surface area contributed by atoms with Gasteiger partial charge in [0.1, 0.15) is 0 Å². The van der Waals surface area contributed by atoms with E-state index in [4.69, 9.17) is 5.11 Å². The van der Waals surface area contributed by atoms with Crippen molar-refractivity contribution in [2.24, 2.45) is 5.92 Å². The molecule has 0 aliphatic heterocycles. The lowest BCUT2D eigenvalue weighted by Gasteiger charge is -2.19. The van der Waals surface area contributed by atoms with E-state index in [1.54, 1.807) is 0 Å². The van der Waals surface area contributed by atoms with Crippen LogP contribution in [0.25, 0.3) is 0 Å². The molecule has 2 N–H and O–H groups in total. The van der Waals surface area contributed by atoms with Gasteiger partial charge in [0.2, 0.25) is 5.91 Å². The second-order valence-electron chi connectivity index (χ2n) is 5.74. The summed E-state index contributed by atoms with van der Waals surface area (Å²) in [7, 11) is 0. The van der Waals surface area contributed by atoms with Crippen LogP contribution in [0.3, 0.4) is 0 Å². The summed E-state index contributed by atoms with van der Waals surface area (Å²) < 4.78 is 25.9. The molecule has 1 atom stereocenters. The number of carboxylic acid groups (broad SMARTS) is 1. The Kier molecular flexibility index (Phi) is 6.95. The molecular formula is C16H21F2NO3. The van der Waals surface area contributed by atoms with E-state index in [0.29, 0.717) is 12.0 Å². The van der Waals surface area contributed by atoms with Gasteiger partial charge in [-0.05, 0) is 36.5 Å². The van der Waals surface area contributed by atoms with Crippen LogP contribution in [0.1, 0.15) is 38.7 Å². The van der Waals surface area contributed by atoms with Crippen LogP contribution in [-0.4, -0.2) is 23.0 Å². The Morgan fingerprint density at radius 1 is 1.23 bits per heavy atom. The van der Waals surface area contributed by atoms with E-state index in [0.717, 1.165) is 12.1 Å². The van der Waals surface area contributed by atoms with E-state index in [1.807, 2.05) is 13.8 Å². The number of carbonyl (C=O) groups excluding carboxylic acids is 1. The Labute approximate surface area is 128 Å². The predicted octanol–water partition coefficient (Wildman–Crippen LogP) is 2.90. The average molecular weight is 313 g/mol. The maximum absolute atomic E-state index is 13.1. The largest absolute Gasteiger partial charge is 0.481 e. The Balaban J connectivity index is 2.52. The SMILES string of the molecule is CC(C)C[C@H](CC(=O)O)NC(=O)CCc1ccc(F)c(F)c1. The van der Waals surface area contributed by atoms with Crippen LogP contribution in [0.15, 0.2) is 18.2 Å². The fourth-order valence-electron chi connectivity index (χ4n) is 2.23. The maximum Gasteiger partial charge on any atom is 0.305 e. The molecule has 0 heterocycles. The Morgan fingerprint density at radius 3 is 2.45 bits per heavy atom. The molecule has 0 radical (unpaired) electrons. The monoisotopic (exact) mass is 313 g/mol. The molecule has 6 heteroatoms. The number of rotatable bonds is 8. The van der Waals surface area contributed by atoms with Gasteiger partial charge in [0.15, 0.2) is 11.6 Å². The van der Waals surface area contributed by atoms with Gasteiger partial charge in [0, 0.05) is 12.5 Å². The normalized spacial score (nSPS) is 12.2. The van der Waals surface area contributed by atoms with Crippen LogP contribution in [0.5, 0.6) is 0 Å². The first-order valence-corrected chi connectivity index (χ1v) is 7.23. The summed E-state index contributed by atoms with van der Waals surface area (Å²) in [5.74, 6) is -2.87. The standard InChI is InChI=1S/C16H21F2NO3/c1-10(2)7-12(9-16(21)22)19-15(20)6-4-11-3-5-13(17)14(18)8-11/h3,5,8,10,12H,4,6-7,9H2,1-2H3,(H,19,20)(H,21,22)/t12-/m1/s1. The Bertz CT molecular complexity index is 532. The zero-order valence-electron chi connectivity index (χ0n) is 12.7. The van der Waals surface area contributed by atoms with E-state index in [1.165, 1.54) is 6.07 Å². The summed E-state index contributed by atoms with van der Waals surface area (Å²) in [6.07, 6.45) is 0.808. The molecule has 22 heavy (non-hydrogen) atoms. The van der Waals surface area contributed by atoms with Gasteiger partial charge in [-0.1, -0.05) is 19.9 Å². The minimum Gasteiger partial charge on any atom is -0.481 e. The third kappa shape index (κ3) is 6.65. The molecule has 4 nitrogen and oxygen atoms in total. The van der Waals surface area contributed by atoms with Crippen molar-refractivity contribution in [3.63, 3.8) is 0 Å². The zero-order valence-corrected chi connectivity index (χ0v) is 12.7. The average Bonchev–Trinajstić information content (AvgIpc) is 2.38. The quantitative estimate of drug-likeness (QED) is 0.775. The molecule has 0 saturated heterocycles. The van der Waals surface area contributed by atoms with Gasteiger partial charge in [-0.15, -0.1) is 0 Å². The number of amides is 1. The number of carbonyl (C=O) groups is 2. The van der Waals surface area contributed by atoms with Gasteiger partial charge >= 0.3 is 5.97 Å². The fraction of sp³-hybridized carbons (Fsp3) is 0.500. The summed E-state index contributed by atoms with van der Waals surface area (Å²) in [6.45, 7) is 3.89. The molecular weight excluding hydrogens is 292 g/mol. The van der Waals surface area contributed by atoms with Crippen molar-refractivity contribution in [2.75, 3.05) is 0 Å².